The molecule has 1 heterocycles. The molecule has 1 N–H and O–H groups in total. The van der Waals surface area contributed by atoms with Crippen LogP contribution in [0.3, 0.4) is 0 Å². The van der Waals surface area contributed by atoms with Crippen molar-refractivity contribution >= 4 is 0 Å². The quantitative estimate of drug-likeness (QED) is 0.757. The molecule has 0 amide bonds. The van der Waals surface area contributed by atoms with Gasteiger partial charge < -0.3 is 14.4 Å². The predicted octanol–water partition coefficient (Wildman–Crippen LogP) is 0.632. The first-order valence-electron chi connectivity index (χ1n) is 5.78. The molecule has 0 bridgehead atoms. The molecule has 0 saturated carbocycles. The molecule has 17 heavy (non-hydrogen) atoms. The van der Waals surface area contributed by atoms with Gasteiger partial charge in [0.05, 0.1) is 18.8 Å². The van der Waals surface area contributed by atoms with E-state index in [-0.39, 0.29) is 6.04 Å². The maximum atomic E-state index is 9.63. The Hall–Kier alpha value is -0.980. The summed E-state index contributed by atoms with van der Waals surface area (Å²) < 4.78 is 10.0. The maximum absolute atomic E-state index is 9.63. The van der Waals surface area contributed by atoms with E-state index in [1.165, 1.54) is 0 Å². The number of rotatable bonds is 7. The number of aliphatic hydroxyl groups excluding tert-OH is 1. The van der Waals surface area contributed by atoms with Crippen LogP contribution >= 0.6 is 0 Å². The van der Waals surface area contributed by atoms with Gasteiger partial charge in [0.1, 0.15) is 0 Å². The molecule has 2 atom stereocenters. The van der Waals surface area contributed by atoms with Crippen LogP contribution in [-0.4, -0.2) is 53.6 Å². The van der Waals surface area contributed by atoms with E-state index in [2.05, 4.69) is 10.1 Å². The van der Waals surface area contributed by atoms with Crippen molar-refractivity contribution in [3.63, 3.8) is 0 Å². The van der Waals surface area contributed by atoms with Crippen molar-refractivity contribution in [2.45, 2.75) is 32.4 Å². The molecule has 0 saturated heterocycles. The predicted molar refractivity (Wildman–Crippen MR) is 62.6 cm³/mol. The third-order valence-electron chi connectivity index (χ3n) is 2.68. The molecule has 2 unspecified atom stereocenters. The van der Waals surface area contributed by atoms with E-state index < -0.39 is 6.10 Å². The molecule has 1 rings (SSSR count). The van der Waals surface area contributed by atoms with Crippen LogP contribution in [0.2, 0.25) is 0 Å². The van der Waals surface area contributed by atoms with Crippen molar-refractivity contribution < 1.29 is 14.4 Å². The first kappa shape index (κ1) is 14.1. The first-order valence-corrected chi connectivity index (χ1v) is 5.78. The van der Waals surface area contributed by atoms with E-state index in [1.54, 1.807) is 7.11 Å². The molecule has 0 aliphatic rings. The summed E-state index contributed by atoms with van der Waals surface area (Å²) in [6.07, 6.45) is 0.243. The third kappa shape index (κ3) is 4.07. The van der Waals surface area contributed by atoms with E-state index in [1.807, 2.05) is 25.8 Å². The lowest BCUT2D eigenvalue weighted by Crippen LogP contribution is -2.33. The van der Waals surface area contributed by atoms with Gasteiger partial charge in [-0.05, 0) is 14.0 Å². The van der Waals surface area contributed by atoms with E-state index >= 15 is 0 Å². The Kier molecular flexibility index (Phi) is 5.54. The number of nitrogens with zero attached hydrogens (tertiary/aromatic N) is 3. The normalized spacial score (nSPS) is 15.2. The molecule has 0 radical (unpaired) electrons. The molecule has 0 fully saturated rings. The zero-order chi connectivity index (χ0) is 12.8. The Bertz CT molecular complexity index is 330. The van der Waals surface area contributed by atoms with Gasteiger partial charge in [0.15, 0.2) is 5.82 Å². The smallest absolute Gasteiger partial charge is 0.243 e. The largest absolute Gasteiger partial charge is 0.389 e. The summed E-state index contributed by atoms with van der Waals surface area (Å²) in [6.45, 7) is 4.76. The van der Waals surface area contributed by atoms with Gasteiger partial charge in [-0.1, -0.05) is 12.1 Å². The summed E-state index contributed by atoms with van der Waals surface area (Å²) >= 11 is 0. The van der Waals surface area contributed by atoms with Crippen LogP contribution in [0, 0.1) is 0 Å². The molecular weight excluding hydrogens is 222 g/mol. The molecule has 0 aliphatic heterocycles. The SMILES string of the molecule is CCc1noc(C(C)N(C)CC(O)COC)n1. The number of aliphatic hydroxyl groups is 1. The van der Waals surface area contributed by atoms with E-state index in [0.29, 0.717) is 24.9 Å². The zero-order valence-electron chi connectivity index (χ0n) is 10.9. The lowest BCUT2D eigenvalue weighted by Gasteiger charge is -2.23. The maximum Gasteiger partial charge on any atom is 0.243 e. The van der Waals surface area contributed by atoms with Crippen LogP contribution in [0.5, 0.6) is 0 Å². The first-order chi connectivity index (χ1) is 8.08. The molecule has 1 aromatic rings. The van der Waals surface area contributed by atoms with Crippen molar-refractivity contribution in [3.05, 3.63) is 11.7 Å². The Morgan fingerprint density at radius 1 is 1.53 bits per heavy atom. The zero-order valence-corrected chi connectivity index (χ0v) is 10.9. The fraction of sp³-hybridized carbons (Fsp3) is 0.818. The number of likely N-dealkylation sites (N-methyl/N-ethyl adjacent to an activating group) is 1. The van der Waals surface area contributed by atoms with Gasteiger partial charge in [-0.15, -0.1) is 0 Å². The van der Waals surface area contributed by atoms with Gasteiger partial charge in [-0.25, -0.2) is 0 Å². The summed E-state index contributed by atoms with van der Waals surface area (Å²) in [4.78, 5) is 6.23. The van der Waals surface area contributed by atoms with Crippen molar-refractivity contribution in [3.8, 4) is 0 Å². The second-order valence-corrected chi connectivity index (χ2v) is 4.13. The van der Waals surface area contributed by atoms with Crippen LogP contribution in [0.4, 0.5) is 0 Å². The number of aromatic nitrogens is 2. The molecule has 6 nitrogen and oxygen atoms in total. The minimum atomic E-state index is -0.513. The number of aryl methyl sites for hydroxylation is 1. The highest BCUT2D eigenvalue weighted by molar-refractivity contribution is 4.91. The highest BCUT2D eigenvalue weighted by Gasteiger charge is 2.20. The van der Waals surface area contributed by atoms with Crippen LogP contribution in [0.25, 0.3) is 0 Å². The van der Waals surface area contributed by atoms with Crippen LogP contribution in [-0.2, 0) is 11.2 Å². The Labute approximate surface area is 102 Å². The van der Waals surface area contributed by atoms with E-state index in [0.717, 1.165) is 6.42 Å². The summed E-state index contributed by atoms with van der Waals surface area (Å²) in [5, 5.41) is 13.5. The summed E-state index contributed by atoms with van der Waals surface area (Å²) in [5.74, 6) is 1.28. The number of ether oxygens (including phenoxy) is 1. The summed E-state index contributed by atoms with van der Waals surface area (Å²) in [7, 11) is 3.47. The van der Waals surface area contributed by atoms with Crippen molar-refractivity contribution in [2.24, 2.45) is 0 Å². The van der Waals surface area contributed by atoms with Crippen LogP contribution in [0.1, 0.15) is 31.6 Å². The standard InChI is InChI=1S/C11H21N3O3/c1-5-10-12-11(17-13-10)8(2)14(3)6-9(15)7-16-4/h8-9,15H,5-7H2,1-4H3. The minimum Gasteiger partial charge on any atom is -0.389 e. The highest BCUT2D eigenvalue weighted by atomic mass is 16.5. The van der Waals surface area contributed by atoms with Gasteiger partial charge in [-0.3, -0.25) is 4.90 Å². The molecular formula is C11H21N3O3. The Morgan fingerprint density at radius 3 is 2.76 bits per heavy atom. The molecule has 1 aromatic heterocycles. The fourth-order valence-corrected chi connectivity index (χ4v) is 1.50. The summed E-state index contributed by atoms with van der Waals surface area (Å²) in [6, 6.07) is -0.0192. The van der Waals surface area contributed by atoms with Gasteiger partial charge in [-0.2, -0.15) is 4.98 Å². The topological polar surface area (TPSA) is 71.6 Å². The average molecular weight is 243 g/mol. The van der Waals surface area contributed by atoms with Gasteiger partial charge >= 0.3 is 0 Å². The van der Waals surface area contributed by atoms with Crippen molar-refractivity contribution in [2.75, 3.05) is 27.3 Å². The number of hydrogen-bond donors (Lipinski definition) is 1. The molecule has 0 spiro atoms. The van der Waals surface area contributed by atoms with Crippen molar-refractivity contribution in [1.29, 1.82) is 0 Å². The van der Waals surface area contributed by atoms with Gasteiger partial charge in [0.25, 0.3) is 0 Å². The van der Waals surface area contributed by atoms with E-state index in [4.69, 9.17) is 9.26 Å². The number of methoxy groups -OCH3 is 1. The lowest BCUT2D eigenvalue weighted by atomic mass is 10.2. The van der Waals surface area contributed by atoms with Crippen LogP contribution < -0.4 is 0 Å². The Morgan fingerprint density at radius 2 is 2.24 bits per heavy atom. The molecule has 6 heteroatoms. The second-order valence-electron chi connectivity index (χ2n) is 4.13. The highest BCUT2D eigenvalue weighted by Crippen LogP contribution is 2.16. The average Bonchev–Trinajstić information content (AvgIpc) is 2.76. The van der Waals surface area contributed by atoms with Gasteiger partial charge in [0, 0.05) is 20.1 Å². The third-order valence-corrected chi connectivity index (χ3v) is 2.68. The van der Waals surface area contributed by atoms with Crippen molar-refractivity contribution in [1.82, 2.24) is 15.0 Å². The molecule has 98 valence electrons. The lowest BCUT2D eigenvalue weighted by molar-refractivity contribution is 0.0325. The van der Waals surface area contributed by atoms with Gasteiger partial charge in [0.2, 0.25) is 5.89 Å². The second kappa shape index (κ2) is 6.68. The summed E-state index contributed by atoms with van der Waals surface area (Å²) in [5.41, 5.74) is 0. The fourth-order valence-electron chi connectivity index (χ4n) is 1.50. The minimum absolute atomic E-state index is 0.0192. The number of hydrogen-bond acceptors (Lipinski definition) is 6. The van der Waals surface area contributed by atoms with E-state index in [9.17, 15) is 5.11 Å². The molecule has 0 aromatic carbocycles. The molecule has 0 aliphatic carbocycles. The Balaban J connectivity index is 2.53. The van der Waals surface area contributed by atoms with Crippen LogP contribution in [0.15, 0.2) is 4.52 Å². The monoisotopic (exact) mass is 243 g/mol.